The normalized spacial score (nSPS) is 21.8. The van der Waals surface area contributed by atoms with Crippen LogP contribution in [0.1, 0.15) is 17.2 Å². The fourth-order valence-corrected chi connectivity index (χ4v) is 2.65. The molecule has 4 heteroatoms. The number of amides is 1. The van der Waals surface area contributed by atoms with Gasteiger partial charge < -0.3 is 10.6 Å². The van der Waals surface area contributed by atoms with Crippen molar-refractivity contribution < 1.29 is 4.79 Å². The number of carbonyl (C=O) groups is 1. The van der Waals surface area contributed by atoms with Gasteiger partial charge in [0.1, 0.15) is 6.04 Å². The number of carbonyl (C=O) groups excluding carboxylic acids is 1. The summed E-state index contributed by atoms with van der Waals surface area (Å²) in [5, 5.41) is 0.676. The number of nitrogens with two attached hydrogens (primary N) is 1. The first-order chi connectivity index (χ1) is 9.58. The van der Waals surface area contributed by atoms with E-state index in [4.69, 9.17) is 17.3 Å². The van der Waals surface area contributed by atoms with Crippen molar-refractivity contribution in [2.45, 2.75) is 19.0 Å². The molecule has 2 aromatic rings. The van der Waals surface area contributed by atoms with Gasteiger partial charge in [0.2, 0.25) is 5.91 Å². The standard InChI is InChI=1S/C16H15ClN2O/c1-10-2-8-13(9-3-10)19-15(14(18)16(19)20)11-4-6-12(17)7-5-11/h2-9,14-15H,18H2,1H3/t14-,15+/m1/s1. The lowest BCUT2D eigenvalue weighted by atomic mass is 9.88. The van der Waals surface area contributed by atoms with E-state index in [0.717, 1.165) is 16.8 Å². The average molecular weight is 287 g/mol. The van der Waals surface area contributed by atoms with Crippen molar-refractivity contribution in [1.82, 2.24) is 0 Å². The van der Waals surface area contributed by atoms with Gasteiger partial charge in [-0.1, -0.05) is 41.4 Å². The zero-order chi connectivity index (χ0) is 14.3. The summed E-state index contributed by atoms with van der Waals surface area (Å²) in [7, 11) is 0. The molecule has 0 bridgehead atoms. The highest BCUT2D eigenvalue weighted by molar-refractivity contribution is 6.30. The van der Waals surface area contributed by atoms with Crippen molar-refractivity contribution in [3.05, 3.63) is 64.7 Å². The number of anilines is 1. The van der Waals surface area contributed by atoms with Crippen molar-refractivity contribution >= 4 is 23.2 Å². The summed E-state index contributed by atoms with van der Waals surface area (Å²) in [4.78, 5) is 13.8. The van der Waals surface area contributed by atoms with E-state index >= 15 is 0 Å². The number of aryl methyl sites for hydroxylation is 1. The summed E-state index contributed by atoms with van der Waals surface area (Å²) in [6, 6.07) is 14.7. The first-order valence-electron chi connectivity index (χ1n) is 6.49. The quantitative estimate of drug-likeness (QED) is 0.863. The zero-order valence-electron chi connectivity index (χ0n) is 11.1. The van der Waals surface area contributed by atoms with Gasteiger partial charge in [0, 0.05) is 10.7 Å². The molecule has 0 aliphatic carbocycles. The zero-order valence-corrected chi connectivity index (χ0v) is 11.8. The highest BCUT2D eigenvalue weighted by atomic mass is 35.5. The number of benzene rings is 2. The SMILES string of the molecule is Cc1ccc(N2C(=O)[C@H](N)[C@@H]2c2ccc(Cl)cc2)cc1. The van der Waals surface area contributed by atoms with Gasteiger partial charge in [0.15, 0.2) is 0 Å². The molecular formula is C16H15ClN2O. The van der Waals surface area contributed by atoms with Crippen molar-refractivity contribution in [1.29, 1.82) is 0 Å². The third kappa shape index (κ3) is 2.09. The molecular weight excluding hydrogens is 272 g/mol. The van der Waals surface area contributed by atoms with E-state index in [9.17, 15) is 4.79 Å². The maximum absolute atomic E-state index is 12.1. The van der Waals surface area contributed by atoms with Gasteiger partial charge in [-0.25, -0.2) is 0 Å². The molecule has 2 N–H and O–H groups in total. The topological polar surface area (TPSA) is 46.3 Å². The van der Waals surface area contributed by atoms with Gasteiger partial charge in [-0.05, 0) is 36.8 Å². The summed E-state index contributed by atoms with van der Waals surface area (Å²) < 4.78 is 0. The molecule has 1 aliphatic heterocycles. The number of β-lactam (4-membered cyclic amide) rings is 1. The Balaban J connectivity index is 1.95. The summed E-state index contributed by atoms with van der Waals surface area (Å²) in [6.07, 6.45) is 0. The Labute approximate surface area is 123 Å². The van der Waals surface area contributed by atoms with Crippen LogP contribution in [0, 0.1) is 6.92 Å². The Hall–Kier alpha value is -1.84. The predicted octanol–water partition coefficient (Wildman–Crippen LogP) is 3.06. The molecule has 0 unspecified atom stereocenters. The number of hydrogen-bond donors (Lipinski definition) is 1. The maximum Gasteiger partial charge on any atom is 0.247 e. The summed E-state index contributed by atoms with van der Waals surface area (Å²) in [5.41, 5.74) is 9.01. The van der Waals surface area contributed by atoms with Crippen molar-refractivity contribution in [2.24, 2.45) is 5.73 Å². The van der Waals surface area contributed by atoms with Crippen LogP contribution in [0.5, 0.6) is 0 Å². The Kier molecular flexibility index (Phi) is 3.24. The van der Waals surface area contributed by atoms with Crippen molar-refractivity contribution in [3.8, 4) is 0 Å². The van der Waals surface area contributed by atoms with Gasteiger partial charge >= 0.3 is 0 Å². The van der Waals surface area contributed by atoms with Crippen LogP contribution in [0.4, 0.5) is 5.69 Å². The monoisotopic (exact) mass is 286 g/mol. The van der Waals surface area contributed by atoms with E-state index in [2.05, 4.69) is 0 Å². The van der Waals surface area contributed by atoms with Gasteiger partial charge in [0.05, 0.1) is 6.04 Å². The third-order valence-electron chi connectivity index (χ3n) is 3.66. The largest absolute Gasteiger partial charge is 0.318 e. The summed E-state index contributed by atoms with van der Waals surface area (Å²) in [5.74, 6) is -0.0474. The minimum atomic E-state index is -0.488. The molecule has 3 nitrogen and oxygen atoms in total. The number of halogens is 1. The van der Waals surface area contributed by atoms with Crippen LogP contribution >= 0.6 is 11.6 Å². The minimum absolute atomic E-state index is 0.0474. The summed E-state index contributed by atoms with van der Waals surface area (Å²) >= 11 is 5.90. The number of nitrogens with zero attached hydrogens (tertiary/aromatic N) is 1. The molecule has 1 heterocycles. The first-order valence-corrected chi connectivity index (χ1v) is 6.86. The molecule has 2 atom stereocenters. The smallest absolute Gasteiger partial charge is 0.247 e. The fourth-order valence-electron chi connectivity index (χ4n) is 2.52. The van der Waals surface area contributed by atoms with Crippen LogP contribution in [0.25, 0.3) is 0 Å². The molecule has 2 aromatic carbocycles. The number of hydrogen-bond acceptors (Lipinski definition) is 2. The van der Waals surface area contributed by atoms with Gasteiger partial charge in [-0.15, -0.1) is 0 Å². The Morgan fingerprint density at radius 3 is 2.25 bits per heavy atom. The lowest BCUT2D eigenvalue weighted by Gasteiger charge is -2.45. The molecule has 0 spiro atoms. The fraction of sp³-hybridized carbons (Fsp3) is 0.188. The van der Waals surface area contributed by atoms with Crippen molar-refractivity contribution in [3.63, 3.8) is 0 Å². The van der Waals surface area contributed by atoms with Crippen LogP contribution in [-0.4, -0.2) is 11.9 Å². The molecule has 102 valence electrons. The predicted molar refractivity (Wildman–Crippen MR) is 80.8 cm³/mol. The van der Waals surface area contributed by atoms with E-state index in [1.54, 1.807) is 4.90 Å². The first kappa shape index (κ1) is 13.2. The lowest BCUT2D eigenvalue weighted by Crippen LogP contribution is -2.63. The third-order valence-corrected chi connectivity index (χ3v) is 3.92. The molecule has 1 saturated heterocycles. The maximum atomic E-state index is 12.1. The lowest BCUT2D eigenvalue weighted by molar-refractivity contribution is -0.126. The Morgan fingerprint density at radius 1 is 1.05 bits per heavy atom. The van der Waals surface area contributed by atoms with Crippen LogP contribution in [0.15, 0.2) is 48.5 Å². The summed E-state index contributed by atoms with van der Waals surface area (Å²) in [6.45, 7) is 2.02. The van der Waals surface area contributed by atoms with Crippen LogP contribution < -0.4 is 10.6 Å². The molecule has 1 fully saturated rings. The van der Waals surface area contributed by atoms with E-state index < -0.39 is 6.04 Å². The van der Waals surface area contributed by atoms with Crippen molar-refractivity contribution in [2.75, 3.05) is 4.90 Å². The molecule has 0 aromatic heterocycles. The van der Waals surface area contributed by atoms with Gasteiger partial charge in [-0.3, -0.25) is 4.79 Å². The Morgan fingerprint density at radius 2 is 1.65 bits per heavy atom. The van der Waals surface area contributed by atoms with Gasteiger partial charge in [-0.2, -0.15) is 0 Å². The molecule has 0 radical (unpaired) electrons. The van der Waals surface area contributed by atoms with E-state index in [1.807, 2.05) is 55.5 Å². The van der Waals surface area contributed by atoms with E-state index in [0.29, 0.717) is 5.02 Å². The second-order valence-electron chi connectivity index (χ2n) is 5.07. The second kappa shape index (κ2) is 4.93. The van der Waals surface area contributed by atoms with E-state index in [-0.39, 0.29) is 11.9 Å². The molecule has 0 saturated carbocycles. The highest BCUT2D eigenvalue weighted by Crippen LogP contribution is 2.38. The van der Waals surface area contributed by atoms with Crippen LogP contribution in [0.2, 0.25) is 5.02 Å². The molecule has 1 amide bonds. The molecule has 3 rings (SSSR count). The van der Waals surface area contributed by atoms with Crippen LogP contribution in [0.3, 0.4) is 0 Å². The molecule has 20 heavy (non-hydrogen) atoms. The van der Waals surface area contributed by atoms with Crippen LogP contribution in [-0.2, 0) is 4.79 Å². The number of rotatable bonds is 2. The average Bonchev–Trinajstić information content (AvgIpc) is 2.46. The highest BCUT2D eigenvalue weighted by Gasteiger charge is 2.46. The Bertz CT molecular complexity index is 637. The second-order valence-corrected chi connectivity index (χ2v) is 5.50. The van der Waals surface area contributed by atoms with E-state index in [1.165, 1.54) is 0 Å². The minimum Gasteiger partial charge on any atom is -0.318 e. The molecule has 1 aliphatic rings. The van der Waals surface area contributed by atoms with Gasteiger partial charge in [0.25, 0.3) is 0 Å².